The number of amides is 1. The molecule has 0 saturated heterocycles. The Morgan fingerprint density at radius 1 is 1.00 bits per heavy atom. The van der Waals surface area contributed by atoms with Crippen LogP contribution in [0.1, 0.15) is 31.8 Å². The number of hydrogen-bond donors (Lipinski definition) is 2. The van der Waals surface area contributed by atoms with Gasteiger partial charge in [-0.2, -0.15) is 0 Å². The predicted molar refractivity (Wildman–Crippen MR) is 77.3 cm³/mol. The summed E-state index contributed by atoms with van der Waals surface area (Å²) in [7, 11) is 0. The van der Waals surface area contributed by atoms with Crippen LogP contribution < -0.4 is 5.32 Å². The number of aromatic carboxylic acids is 1. The molecule has 102 valence electrons. The molecule has 0 saturated carbocycles. The minimum atomic E-state index is -1.10. The molecule has 0 aliphatic carbocycles. The number of carboxylic acids is 1. The SMILES string of the molecule is Cc1ccc(NC(=O)c2cccc(C)c2C(=O)O)cc1. The smallest absolute Gasteiger partial charge is 0.336 e. The fourth-order valence-electron chi connectivity index (χ4n) is 1.98. The fourth-order valence-corrected chi connectivity index (χ4v) is 1.98. The first-order chi connectivity index (χ1) is 9.49. The molecule has 0 aliphatic rings. The molecule has 2 N–H and O–H groups in total. The number of carbonyl (C=O) groups is 2. The van der Waals surface area contributed by atoms with Gasteiger partial charge in [0, 0.05) is 5.69 Å². The van der Waals surface area contributed by atoms with Gasteiger partial charge >= 0.3 is 5.97 Å². The quantitative estimate of drug-likeness (QED) is 0.898. The molecule has 0 bridgehead atoms. The summed E-state index contributed by atoms with van der Waals surface area (Å²) in [4.78, 5) is 23.5. The normalized spacial score (nSPS) is 10.1. The van der Waals surface area contributed by atoms with E-state index >= 15 is 0 Å². The lowest BCUT2D eigenvalue weighted by Crippen LogP contribution is -2.17. The van der Waals surface area contributed by atoms with Crippen LogP contribution in [0.4, 0.5) is 5.69 Å². The van der Waals surface area contributed by atoms with Crippen molar-refractivity contribution in [1.29, 1.82) is 0 Å². The highest BCUT2D eigenvalue weighted by molar-refractivity contribution is 6.11. The van der Waals surface area contributed by atoms with Crippen molar-refractivity contribution >= 4 is 17.6 Å². The average Bonchev–Trinajstić information content (AvgIpc) is 2.40. The van der Waals surface area contributed by atoms with E-state index in [9.17, 15) is 14.7 Å². The number of anilines is 1. The van der Waals surface area contributed by atoms with Gasteiger partial charge in [-0.05, 0) is 37.6 Å². The van der Waals surface area contributed by atoms with Gasteiger partial charge in [0.25, 0.3) is 5.91 Å². The molecule has 4 nitrogen and oxygen atoms in total. The summed E-state index contributed by atoms with van der Waals surface area (Å²) in [5.74, 6) is -1.52. The van der Waals surface area contributed by atoms with E-state index in [2.05, 4.69) is 5.32 Å². The highest BCUT2D eigenvalue weighted by atomic mass is 16.4. The van der Waals surface area contributed by atoms with Gasteiger partial charge in [-0.3, -0.25) is 4.79 Å². The van der Waals surface area contributed by atoms with Gasteiger partial charge in [0.05, 0.1) is 11.1 Å². The van der Waals surface area contributed by atoms with E-state index in [1.165, 1.54) is 6.07 Å². The molecule has 0 unspecified atom stereocenters. The summed E-state index contributed by atoms with van der Waals surface area (Å²) in [6.07, 6.45) is 0. The monoisotopic (exact) mass is 269 g/mol. The van der Waals surface area contributed by atoms with Crippen molar-refractivity contribution in [3.63, 3.8) is 0 Å². The number of hydrogen-bond acceptors (Lipinski definition) is 2. The Balaban J connectivity index is 2.32. The Kier molecular flexibility index (Phi) is 3.84. The highest BCUT2D eigenvalue weighted by Gasteiger charge is 2.18. The van der Waals surface area contributed by atoms with E-state index in [0.29, 0.717) is 11.3 Å². The lowest BCUT2D eigenvalue weighted by molar-refractivity contribution is 0.0691. The highest BCUT2D eigenvalue weighted by Crippen LogP contribution is 2.17. The lowest BCUT2D eigenvalue weighted by atomic mass is 10.0. The standard InChI is InChI=1S/C16H15NO3/c1-10-6-8-12(9-7-10)17-15(18)13-5-3-4-11(2)14(13)16(19)20/h3-9H,1-2H3,(H,17,18)(H,19,20). The van der Waals surface area contributed by atoms with E-state index < -0.39 is 11.9 Å². The molecule has 4 heteroatoms. The number of carbonyl (C=O) groups excluding carboxylic acids is 1. The fraction of sp³-hybridized carbons (Fsp3) is 0.125. The van der Waals surface area contributed by atoms with Crippen LogP contribution in [-0.2, 0) is 0 Å². The molecule has 20 heavy (non-hydrogen) atoms. The zero-order valence-electron chi connectivity index (χ0n) is 11.3. The minimum Gasteiger partial charge on any atom is -0.478 e. The first kappa shape index (κ1) is 13.8. The maximum Gasteiger partial charge on any atom is 0.336 e. The lowest BCUT2D eigenvalue weighted by Gasteiger charge is -2.10. The first-order valence-electron chi connectivity index (χ1n) is 6.20. The first-order valence-corrected chi connectivity index (χ1v) is 6.20. The van der Waals surface area contributed by atoms with Crippen LogP contribution in [0.2, 0.25) is 0 Å². The van der Waals surface area contributed by atoms with E-state index in [-0.39, 0.29) is 11.1 Å². The van der Waals surface area contributed by atoms with Crippen molar-refractivity contribution < 1.29 is 14.7 Å². The second kappa shape index (κ2) is 5.57. The number of aryl methyl sites for hydroxylation is 2. The molecule has 0 radical (unpaired) electrons. The van der Waals surface area contributed by atoms with Crippen LogP contribution in [0.5, 0.6) is 0 Å². The average molecular weight is 269 g/mol. The van der Waals surface area contributed by atoms with Gasteiger partial charge in [0.1, 0.15) is 0 Å². The Hall–Kier alpha value is -2.62. The van der Waals surface area contributed by atoms with Gasteiger partial charge in [-0.25, -0.2) is 4.79 Å². The zero-order chi connectivity index (χ0) is 14.7. The van der Waals surface area contributed by atoms with Crippen molar-refractivity contribution in [1.82, 2.24) is 0 Å². The third-order valence-electron chi connectivity index (χ3n) is 3.04. The van der Waals surface area contributed by atoms with Crippen molar-refractivity contribution in [3.8, 4) is 0 Å². The molecule has 1 amide bonds. The van der Waals surface area contributed by atoms with E-state index in [1.54, 1.807) is 31.2 Å². The second-order valence-corrected chi connectivity index (χ2v) is 4.62. The molecule has 0 aliphatic heterocycles. The number of carboxylic acid groups (broad SMARTS) is 1. The molecule has 2 rings (SSSR count). The number of benzene rings is 2. The minimum absolute atomic E-state index is 0.0390. The molecular weight excluding hydrogens is 254 g/mol. The topological polar surface area (TPSA) is 66.4 Å². The van der Waals surface area contributed by atoms with E-state index in [0.717, 1.165) is 5.56 Å². The van der Waals surface area contributed by atoms with Crippen molar-refractivity contribution in [3.05, 3.63) is 64.7 Å². The third kappa shape index (κ3) is 2.85. The van der Waals surface area contributed by atoms with Crippen LogP contribution in [0.3, 0.4) is 0 Å². The Bertz CT molecular complexity index is 660. The molecule has 0 spiro atoms. The van der Waals surface area contributed by atoms with Crippen LogP contribution in [0.25, 0.3) is 0 Å². The van der Waals surface area contributed by atoms with Crippen molar-refractivity contribution in [2.75, 3.05) is 5.32 Å². The van der Waals surface area contributed by atoms with Gasteiger partial charge in [0.2, 0.25) is 0 Å². The van der Waals surface area contributed by atoms with Crippen LogP contribution in [-0.4, -0.2) is 17.0 Å². The summed E-state index contributed by atoms with van der Waals surface area (Å²) >= 11 is 0. The summed E-state index contributed by atoms with van der Waals surface area (Å²) in [5, 5.41) is 11.9. The maximum absolute atomic E-state index is 12.2. The van der Waals surface area contributed by atoms with E-state index in [4.69, 9.17) is 0 Å². The van der Waals surface area contributed by atoms with Gasteiger partial charge < -0.3 is 10.4 Å². The molecule has 2 aromatic carbocycles. The van der Waals surface area contributed by atoms with E-state index in [1.807, 2.05) is 19.1 Å². The summed E-state index contributed by atoms with van der Waals surface area (Å²) < 4.78 is 0. The Morgan fingerprint density at radius 3 is 2.25 bits per heavy atom. The van der Waals surface area contributed by atoms with Gasteiger partial charge in [-0.1, -0.05) is 29.8 Å². The maximum atomic E-state index is 12.2. The summed E-state index contributed by atoms with van der Waals surface area (Å²) in [6.45, 7) is 3.63. The third-order valence-corrected chi connectivity index (χ3v) is 3.04. The summed E-state index contributed by atoms with van der Waals surface area (Å²) in [5.41, 5.74) is 2.49. The zero-order valence-corrected chi connectivity index (χ0v) is 11.3. The Morgan fingerprint density at radius 2 is 1.65 bits per heavy atom. The van der Waals surface area contributed by atoms with Gasteiger partial charge in [0.15, 0.2) is 0 Å². The van der Waals surface area contributed by atoms with Crippen molar-refractivity contribution in [2.45, 2.75) is 13.8 Å². The van der Waals surface area contributed by atoms with Crippen LogP contribution >= 0.6 is 0 Å². The molecular formula is C16H15NO3. The largest absolute Gasteiger partial charge is 0.478 e. The molecule has 0 fully saturated rings. The van der Waals surface area contributed by atoms with Crippen LogP contribution in [0.15, 0.2) is 42.5 Å². The Labute approximate surface area is 117 Å². The summed E-state index contributed by atoms with van der Waals surface area (Å²) in [6, 6.07) is 12.2. The number of rotatable bonds is 3. The molecule has 0 atom stereocenters. The van der Waals surface area contributed by atoms with Gasteiger partial charge in [-0.15, -0.1) is 0 Å². The molecule has 0 heterocycles. The predicted octanol–water partition coefficient (Wildman–Crippen LogP) is 3.25. The molecule has 2 aromatic rings. The second-order valence-electron chi connectivity index (χ2n) is 4.62. The number of nitrogens with one attached hydrogen (secondary N) is 1. The molecule has 0 aromatic heterocycles. The van der Waals surface area contributed by atoms with Crippen molar-refractivity contribution in [2.24, 2.45) is 0 Å². The van der Waals surface area contributed by atoms with Crippen LogP contribution in [0, 0.1) is 13.8 Å².